The Bertz CT molecular complexity index is 832. The van der Waals surface area contributed by atoms with E-state index in [1.807, 2.05) is 30.3 Å². The van der Waals surface area contributed by atoms with E-state index < -0.39 is 10.0 Å². The molecule has 2 rings (SSSR count). The highest BCUT2D eigenvalue weighted by molar-refractivity contribution is 7.89. The van der Waals surface area contributed by atoms with Gasteiger partial charge in [-0.3, -0.25) is 4.79 Å². The fraction of sp³-hybridized carbons (Fsp3) is 0.350. The number of carbonyl (C=O) groups excluding carboxylic acids is 1. The van der Waals surface area contributed by atoms with Gasteiger partial charge in [0.1, 0.15) is 12.4 Å². The molecule has 0 spiro atoms. The van der Waals surface area contributed by atoms with Crippen LogP contribution in [0.1, 0.15) is 24.2 Å². The van der Waals surface area contributed by atoms with Crippen molar-refractivity contribution in [1.82, 2.24) is 9.21 Å². The lowest BCUT2D eigenvalue weighted by Crippen LogP contribution is -2.31. The van der Waals surface area contributed by atoms with E-state index in [2.05, 4.69) is 0 Å². The van der Waals surface area contributed by atoms with E-state index in [1.165, 1.54) is 16.4 Å². The number of ether oxygens (including phenoxy) is 1. The van der Waals surface area contributed by atoms with Crippen LogP contribution in [0.3, 0.4) is 0 Å². The van der Waals surface area contributed by atoms with Crippen LogP contribution in [0.2, 0.25) is 0 Å². The predicted molar refractivity (Wildman–Crippen MR) is 105 cm³/mol. The fourth-order valence-electron chi connectivity index (χ4n) is 2.62. The summed E-state index contributed by atoms with van der Waals surface area (Å²) >= 11 is 0. The lowest BCUT2D eigenvalue weighted by atomic mass is 10.2. The van der Waals surface area contributed by atoms with Gasteiger partial charge in [-0.25, -0.2) is 8.42 Å². The minimum absolute atomic E-state index is 0.182. The first-order valence-electron chi connectivity index (χ1n) is 8.93. The summed E-state index contributed by atoms with van der Waals surface area (Å²) < 4.78 is 32.0. The highest BCUT2D eigenvalue weighted by Gasteiger charge is 2.22. The molecule has 0 atom stereocenters. The Kier molecular flexibility index (Phi) is 7.38. The van der Waals surface area contributed by atoms with Crippen LogP contribution in [0.5, 0.6) is 5.75 Å². The van der Waals surface area contributed by atoms with Gasteiger partial charge in [0.05, 0.1) is 11.4 Å². The second-order valence-corrected chi connectivity index (χ2v) is 7.94. The molecular weight excluding hydrogens is 364 g/mol. The van der Waals surface area contributed by atoms with Gasteiger partial charge >= 0.3 is 0 Å². The quantitative estimate of drug-likeness (QED) is 0.660. The predicted octanol–water partition coefficient (Wildman–Crippen LogP) is 2.87. The minimum atomic E-state index is -3.52. The van der Waals surface area contributed by atoms with Crippen LogP contribution in [-0.4, -0.2) is 56.8 Å². The van der Waals surface area contributed by atoms with Crippen molar-refractivity contribution in [3.63, 3.8) is 0 Å². The van der Waals surface area contributed by atoms with Crippen molar-refractivity contribution in [2.75, 3.05) is 33.3 Å². The first kappa shape index (κ1) is 20.9. The molecule has 0 bridgehead atoms. The molecule has 0 aliphatic carbocycles. The molecule has 0 saturated carbocycles. The summed E-state index contributed by atoms with van der Waals surface area (Å²) in [7, 11) is -1.83. The second kappa shape index (κ2) is 9.53. The normalized spacial score (nSPS) is 11.4. The van der Waals surface area contributed by atoms with Gasteiger partial charge in [0.15, 0.2) is 0 Å². The Morgan fingerprint density at radius 1 is 0.963 bits per heavy atom. The first-order valence-corrected chi connectivity index (χ1v) is 10.4. The molecule has 0 fully saturated rings. The fourth-order valence-corrected chi connectivity index (χ4v) is 4.08. The van der Waals surface area contributed by atoms with Crippen LogP contribution in [0, 0.1) is 0 Å². The maximum atomic E-state index is 12.5. The minimum Gasteiger partial charge on any atom is -0.492 e. The molecule has 1 amide bonds. The summed E-state index contributed by atoms with van der Waals surface area (Å²) in [5.41, 5.74) is 0.440. The van der Waals surface area contributed by atoms with Crippen molar-refractivity contribution in [2.45, 2.75) is 18.7 Å². The van der Waals surface area contributed by atoms with Gasteiger partial charge in [-0.15, -0.1) is 0 Å². The molecule has 2 aromatic carbocycles. The van der Waals surface area contributed by atoms with Crippen molar-refractivity contribution in [2.24, 2.45) is 0 Å². The van der Waals surface area contributed by atoms with Gasteiger partial charge < -0.3 is 9.64 Å². The largest absolute Gasteiger partial charge is 0.492 e. The van der Waals surface area contributed by atoms with Gasteiger partial charge in [-0.2, -0.15) is 4.31 Å². The number of hydrogen-bond acceptors (Lipinski definition) is 4. The lowest BCUT2D eigenvalue weighted by molar-refractivity contribution is 0.0773. The maximum absolute atomic E-state index is 12.5. The van der Waals surface area contributed by atoms with E-state index in [4.69, 9.17) is 4.74 Å². The molecule has 0 aromatic heterocycles. The summed E-state index contributed by atoms with van der Waals surface area (Å²) in [5, 5.41) is 0. The molecular formula is C20H26N2O4S. The van der Waals surface area contributed by atoms with Gasteiger partial charge in [-0.1, -0.05) is 32.0 Å². The van der Waals surface area contributed by atoms with E-state index in [0.717, 1.165) is 5.75 Å². The van der Waals surface area contributed by atoms with Crippen LogP contribution < -0.4 is 4.74 Å². The van der Waals surface area contributed by atoms with E-state index in [0.29, 0.717) is 31.8 Å². The molecule has 0 radical (unpaired) electrons. The molecule has 146 valence electrons. The molecule has 0 N–H and O–H groups in total. The second-order valence-electron chi connectivity index (χ2n) is 6.00. The highest BCUT2D eigenvalue weighted by atomic mass is 32.2. The highest BCUT2D eigenvalue weighted by Crippen LogP contribution is 2.17. The third-order valence-corrected chi connectivity index (χ3v) is 6.29. The van der Waals surface area contributed by atoms with Crippen molar-refractivity contribution in [3.05, 3.63) is 60.2 Å². The average Bonchev–Trinajstić information content (AvgIpc) is 2.69. The first-order chi connectivity index (χ1) is 12.9. The van der Waals surface area contributed by atoms with E-state index in [1.54, 1.807) is 37.9 Å². The molecule has 27 heavy (non-hydrogen) atoms. The van der Waals surface area contributed by atoms with Gasteiger partial charge in [0.25, 0.3) is 5.91 Å². The van der Waals surface area contributed by atoms with Gasteiger partial charge in [0, 0.05) is 25.7 Å². The third-order valence-electron chi connectivity index (χ3n) is 4.23. The van der Waals surface area contributed by atoms with Crippen molar-refractivity contribution in [1.29, 1.82) is 0 Å². The number of carbonyl (C=O) groups is 1. The van der Waals surface area contributed by atoms with Crippen LogP contribution in [0.15, 0.2) is 59.5 Å². The number of rotatable bonds is 9. The van der Waals surface area contributed by atoms with Crippen molar-refractivity contribution in [3.8, 4) is 5.75 Å². The Morgan fingerprint density at radius 2 is 1.56 bits per heavy atom. The summed E-state index contributed by atoms with van der Waals surface area (Å²) in [6.07, 6.45) is 0. The van der Waals surface area contributed by atoms with Crippen molar-refractivity contribution < 1.29 is 17.9 Å². The molecule has 2 aromatic rings. The number of amides is 1. The van der Waals surface area contributed by atoms with Crippen LogP contribution in [0.25, 0.3) is 0 Å². The molecule has 0 aliphatic rings. The molecule has 6 nitrogen and oxygen atoms in total. The number of nitrogens with zero attached hydrogens (tertiary/aromatic N) is 2. The molecule has 0 aliphatic heterocycles. The number of hydrogen-bond donors (Lipinski definition) is 0. The lowest BCUT2D eigenvalue weighted by Gasteiger charge is -2.19. The summed E-state index contributed by atoms with van der Waals surface area (Å²) in [6.45, 7) is 5.21. The number of sulfonamides is 1. The standard InChI is InChI=1S/C20H26N2O4S/c1-4-22(5-2)27(24,25)19-13-11-17(12-14-19)20(23)21(3)15-16-26-18-9-7-6-8-10-18/h6-14H,4-5,15-16H2,1-3H3. The van der Waals surface area contributed by atoms with E-state index >= 15 is 0 Å². The summed E-state index contributed by atoms with van der Waals surface area (Å²) in [6, 6.07) is 15.5. The molecule has 0 saturated heterocycles. The Balaban J connectivity index is 1.98. The number of para-hydroxylation sites is 1. The maximum Gasteiger partial charge on any atom is 0.253 e. The Hall–Kier alpha value is -2.38. The van der Waals surface area contributed by atoms with Crippen LogP contribution in [0.4, 0.5) is 0 Å². The third kappa shape index (κ3) is 5.30. The molecule has 7 heteroatoms. The SMILES string of the molecule is CCN(CC)S(=O)(=O)c1ccc(C(=O)N(C)CCOc2ccccc2)cc1. The average molecular weight is 391 g/mol. The smallest absolute Gasteiger partial charge is 0.253 e. The Morgan fingerprint density at radius 3 is 2.11 bits per heavy atom. The summed E-state index contributed by atoms with van der Waals surface area (Å²) in [5.74, 6) is 0.572. The summed E-state index contributed by atoms with van der Waals surface area (Å²) in [4.78, 5) is 14.2. The molecule has 0 heterocycles. The zero-order chi connectivity index (χ0) is 19.9. The number of likely N-dealkylation sites (N-methyl/N-ethyl adjacent to an activating group) is 1. The topological polar surface area (TPSA) is 66.9 Å². The monoisotopic (exact) mass is 390 g/mol. The van der Waals surface area contributed by atoms with Crippen molar-refractivity contribution >= 4 is 15.9 Å². The van der Waals surface area contributed by atoms with Crippen LogP contribution in [-0.2, 0) is 10.0 Å². The van der Waals surface area contributed by atoms with E-state index in [9.17, 15) is 13.2 Å². The van der Waals surface area contributed by atoms with Crippen LogP contribution >= 0.6 is 0 Å². The van der Waals surface area contributed by atoms with Gasteiger partial charge in [0.2, 0.25) is 10.0 Å². The molecule has 0 unspecified atom stereocenters. The van der Waals surface area contributed by atoms with Gasteiger partial charge in [-0.05, 0) is 36.4 Å². The zero-order valence-electron chi connectivity index (χ0n) is 16.0. The Labute approximate surface area is 161 Å². The number of benzene rings is 2. The zero-order valence-corrected chi connectivity index (χ0v) is 16.8. The van der Waals surface area contributed by atoms with E-state index in [-0.39, 0.29) is 10.8 Å².